The number of nitrogens with zero attached hydrogens (tertiary/aromatic N) is 2. The zero-order valence-corrected chi connectivity index (χ0v) is 10.7. The van der Waals surface area contributed by atoms with Gasteiger partial charge in [-0.25, -0.2) is 0 Å². The van der Waals surface area contributed by atoms with Crippen LogP contribution >= 0.6 is 27.3 Å². The molecule has 0 spiro atoms. The number of aryl methyl sites for hydroxylation is 2. The van der Waals surface area contributed by atoms with Crippen molar-refractivity contribution < 1.29 is 4.74 Å². The number of ether oxygens (including phenoxy) is 1. The maximum atomic E-state index is 5.58. The minimum absolute atomic E-state index is 0.548. The first-order valence-corrected chi connectivity index (χ1v) is 5.99. The third-order valence-corrected chi connectivity index (χ3v) is 3.02. The Morgan fingerprint density at radius 3 is 2.33 bits per heavy atom. The van der Waals surface area contributed by atoms with Crippen LogP contribution in [0, 0.1) is 13.8 Å². The lowest BCUT2D eigenvalue weighted by Gasteiger charge is -2.03. The van der Waals surface area contributed by atoms with E-state index in [2.05, 4.69) is 32.2 Å². The Balaban J connectivity index is 2.24. The lowest BCUT2D eigenvalue weighted by Crippen LogP contribution is -1.85. The van der Waals surface area contributed by atoms with E-state index < -0.39 is 0 Å². The number of hydrogen-bond donors (Lipinski definition) is 0. The van der Waals surface area contributed by atoms with Gasteiger partial charge in [0.25, 0.3) is 5.19 Å². The van der Waals surface area contributed by atoms with Crippen LogP contribution in [0.15, 0.2) is 22.1 Å². The smallest absolute Gasteiger partial charge is 0.300 e. The molecule has 0 radical (unpaired) electrons. The van der Waals surface area contributed by atoms with Crippen molar-refractivity contribution in [2.24, 2.45) is 0 Å². The molecule has 1 aromatic heterocycles. The Morgan fingerprint density at radius 2 is 1.80 bits per heavy atom. The van der Waals surface area contributed by atoms with Gasteiger partial charge in [0, 0.05) is 0 Å². The number of benzene rings is 1. The van der Waals surface area contributed by atoms with Crippen molar-refractivity contribution in [1.82, 2.24) is 10.2 Å². The quantitative estimate of drug-likeness (QED) is 0.843. The molecule has 0 unspecified atom stereocenters. The average Bonchev–Trinajstić information content (AvgIpc) is 2.49. The number of aromatic nitrogens is 2. The van der Waals surface area contributed by atoms with Gasteiger partial charge in [-0.3, -0.25) is 0 Å². The summed E-state index contributed by atoms with van der Waals surface area (Å²) in [6, 6.07) is 6.05. The highest BCUT2D eigenvalue weighted by atomic mass is 79.9. The summed E-state index contributed by atoms with van der Waals surface area (Å²) in [4.78, 5) is 0. The molecule has 0 aliphatic rings. The van der Waals surface area contributed by atoms with Crippen LogP contribution in [0.4, 0.5) is 0 Å². The van der Waals surface area contributed by atoms with Gasteiger partial charge in [-0.2, -0.15) is 0 Å². The van der Waals surface area contributed by atoms with Crippen molar-refractivity contribution >= 4 is 27.3 Å². The van der Waals surface area contributed by atoms with Gasteiger partial charge >= 0.3 is 0 Å². The summed E-state index contributed by atoms with van der Waals surface area (Å²) in [6.07, 6.45) is 0. The van der Waals surface area contributed by atoms with Gasteiger partial charge in [0.05, 0.1) is 0 Å². The van der Waals surface area contributed by atoms with Gasteiger partial charge < -0.3 is 4.74 Å². The van der Waals surface area contributed by atoms with E-state index in [4.69, 9.17) is 4.74 Å². The molecule has 2 aromatic rings. The molecule has 0 aliphatic carbocycles. The Kier molecular flexibility index (Phi) is 3.02. The van der Waals surface area contributed by atoms with E-state index in [1.54, 1.807) is 0 Å². The SMILES string of the molecule is Cc1cc(C)cc(Oc2nnc(Br)s2)c1. The first-order valence-electron chi connectivity index (χ1n) is 4.38. The summed E-state index contributed by atoms with van der Waals surface area (Å²) < 4.78 is 6.30. The van der Waals surface area contributed by atoms with Crippen molar-refractivity contribution in [3.63, 3.8) is 0 Å². The molecule has 0 aliphatic heterocycles. The topological polar surface area (TPSA) is 35.0 Å². The second-order valence-corrected chi connectivity index (χ2v) is 5.46. The first kappa shape index (κ1) is 10.6. The van der Waals surface area contributed by atoms with Crippen LogP contribution in [-0.4, -0.2) is 10.2 Å². The molecule has 0 atom stereocenters. The second-order valence-electron chi connectivity index (χ2n) is 3.25. The summed E-state index contributed by atoms with van der Waals surface area (Å²) in [5, 5.41) is 8.24. The second kappa shape index (κ2) is 4.28. The van der Waals surface area contributed by atoms with Crippen molar-refractivity contribution in [3.8, 4) is 10.9 Å². The maximum absolute atomic E-state index is 5.58. The Labute approximate surface area is 100 Å². The van der Waals surface area contributed by atoms with Crippen LogP contribution < -0.4 is 4.74 Å². The molecule has 1 aromatic carbocycles. The van der Waals surface area contributed by atoms with Gasteiger partial charge in [-0.05, 0) is 64.4 Å². The molecule has 5 heteroatoms. The highest BCUT2D eigenvalue weighted by Gasteiger charge is 2.04. The van der Waals surface area contributed by atoms with Gasteiger partial charge in [0.15, 0.2) is 3.92 Å². The molecule has 3 nitrogen and oxygen atoms in total. The van der Waals surface area contributed by atoms with E-state index in [9.17, 15) is 0 Å². The summed E-state index contributed by atoms with van der Waals surface area (Å²) in [6.45, 7) is 4.08. The van der Waals surface area contributed by atoms with E-state index in [-0.39, 0.29) is 0 Å². The summed E-state index contributed by atoms with van der Waals surface area (Å²) in [5.41, 5.74) is 2.35. The summed E-state index contributed by atoms with van der Waals surface area (Å²) >= 11 is 4.61. The van der Waals surface area contributed by atoms with Crippen LogP contribution in [0.2, 0.25) is 0 Å². The fourth-order valence-electron chi connectivity index (χ4n) is 1.33. The lowest BCUT2D eigenvalue weighted by molar-refractivity contribution is 0.472. The van der Waals surface area contributed by atoms with Crippen LogP contribution in [0.1, 0.15) is 11.1 Å². The summed E-state index contributed by atoms with van der Waals surface area (Å²) in [5.74, 6) is 0.802. The molecule has 2 rings (SSSR count). The van der Waals surface area contributed by atoms with Crippen LogP contribution in [0.3, 0.4) is 0 Å². The van der Waals surface area contributed by atoms with E-state index in [1.807, 2.05) is 26.0 Å². The van der Waals surface area contributed by atoms with Gasteiger partial charge in [-0.1, -0.05) is 11.2 Å². The van der Waals surface area contributed by atoms with Crippen molar-refractivity contribution in [2.75, 3.05) is 0 Å². The number of rotatable bonds is 2. The molecule has 0 fully saturated rings. The molecule has 78 valence electrons. The van der Waals surface area contributed by atoms with E-state index in [0.29, 0.717) is 5.19 Å². The molecular weight excluding hydrogens is 276 g/mol. The number of hydrogen-bond acceptors (Lipinski definition) is 4. The molecule has 15 heavy (non-hydrogen) atoms. The minimum atomic E-state index is 0.548. The normalized spacial score (nSPS) is 10.3. The van der Waals surface area contributed by atoms with Crippen LogP contribution in [-0.2, 0) is 0 Å². The Bertz CT molecular complexity index is 464. The molecule has 0 saturated carbocycles. The van der Waals surface area contributed by atoms with Gasteiger partial charge in [0.2, 0.25) is 0 Å². The third-order valence-electron chi connectivity index (χ3n) is 1.78. The molecule has 0 amide bonds. The molecule has 0 saturated heterocycles. The molecule has 0 N–H and O–H groups in total. The van der Waals surface area contributed by atoms with Crippen LogP contribution in [0.5, 0.6) is 10.9 Å². The zero-order chi connectivity index (χ0) is 10.8. The molecule has 1 heterocycles. The predicted molar refractivity (Wildman–Crippen MR) is 63.6 cm³/mol. The minimum Gasteiger partial charge on any atom is -0.430 e. The summed E-state index contributed by atoms with van der Waals surface area (Å²) in [7, 11) is 0. The fraction of sp³-hybridized carbons (Fsp3) is 0.200. The van der Waals surface area contributed by atoms with E-state index in [1.165, 1.54) is 22.5 Å². The first-order chi connectivity index (χ1) is 7.13. The Hall–Kier alpha value is -0.940. The van der Waals surface area contributed by atoms with Crippen LogP contribution in [0.25, 0.3) is 0 Å². The van der Waals surface area contributed by atoms with E-state index in [0.717, 1.165) is 9.67 Å². The van der Waals surface area contributed by atoms with Crippen molar-refractivity contribution in [1.29, 1.82) is 0 Å². The highest BCUT2D eigenvalue weighted by Crippen LogP contribution is 2.28. The largest absolute Gasteiger partial charge is 0.430 e. The zero-order valence-electron chi connectivity index (χ0n) is 8.32. The van der Waals surface area contributed by atoms with Crippen molar-refractivity contribution in [3.05, 3.63) is 33.2 Å². The predicted octanol–water partition coefficient (Wildman–Crippen LogP) is 3.71. The third kappa shape index (κ3) is 2.76. The Morgan fingerprint density at radius 1 is 1.13 bits per heavy atom. The molecule has 0 bridgehead atoms. The highest BCUT2D eigenvalue weighted by molar-refractivity contribution is 9.11. The monoisotopic (exact) mass is 284 g/mol. The number of halogens is 1. The molecular formula is C10H9BrN2OS. The van der Waals surface area contributed by atoms with E-state index >= 15 is 0 Å². The fourth-order valence-corrected chi connectivity index (χ4v) is 2.27. The standard InChI is InChI=1S/C10H9BrN2OS/c1-6-3-7(2)5-8(4-6)14-10-13-12-9(11)15-10/h3-5H,1-2H3. The van der Waals surface area contributed by atoms with Gasteiger partial charge in [0.1, 0.15) is 5.75 Å². The lowest BCUT2D eigenvalue weighted by atomic mass is 10.1. The van der Waals surface area contributed by atoms with Crippen molar-refractivity contribution in [2.45, 2.75) is 13.8 Å². The van der Waals surface area contributed by atoms with Gasteiger partial charge in [-0.15, -0.1) is 5.10 Å². The average molecular weight is 285 g/mol. The maximum Gasteiger partial charge on any atom is 0.300 e.